The Kier molecular flexibility index (Phi) is 6.74. The van der Waals surface area contributed by atoms with Gasteiger partial charge in [-0.05, 0) is 6.92 Å². The van der Waals surface area contributed by atoms with E-state index in [1.165, 1.54) is 0 Å². The first kappa shape index (κ1) is 12.9. The zero-order valence-corrected chi connectivity index (χ0v) is 8.60. The summed E-state index contributed by atoms with van der Waals surface area (Å²) in [6.45, 7) is 1.70. The summed E-state index contributed by atoms with van der Waals surface area (Å²) in [7, 11) is 0. The molecule has 0 aliphatic heterocycles. The van der Waals surface area contributed by atoms with Gasteiger partial charge in [0, 0.05) is 0 Å². The molecule has 0 aliphatic rings. The van der Waals surface area contributed by atoms with E-state index in [4.69, 9.17) is 11.6 Å². The summed E-state index contributed by atoms with van der Waals surface area (Å²) in [5.41, 5.74) is 0. The fourth-order valence-electron chi connectivity index (χ4n) is 0.672. The first-order valence-corrected chi connectivity index (χ1v) is 4.63. The largest absolute Gasteiger partial charge is 0.465 e. The Labute approximate surface area is 86.7 Å². The highest BCUT2D eigenvalue weighted by Crippen LogP contribution is 1.87. The number of alkyl halides is 1. The van der Waals surface area contributed by atoms with E-state index in [9.17, 15) is 14.4 Å². The number of hydrogen-bond acceptors (Lipinski definition) is 4. The van der Waals surface area contributed by atoms with Gasteiger partial charge in [-0.25, -0.2) is 0 Å². The summed E-state index contributed by atoms with van der Waals surface area (Å²) in [5, 5.41) is 2.24. The van der Waals surface area contributed by atoms with Crippen LogP contribution < -0.4 is 5.32 Å². The molecular formula is C8H12ClNO4. The highest BCUT2D eigenvalue weighted by Gasteiger charge is 2.09. The Bertz CT molecular complexity index is 229. The van der Waals surface area contributed by atoms with Crippen LogP contribution in [0.1, 0.15) is 13.3 Å². The van der Waals surface area contributed by atoms with E-state index in [-0.39, 0.29) is 31.2 Å². The molecule has 0 spiro atoms. The van der Waals surface area contributed by atoms with Crippen molar-refractivity contribution >= 4 is 29.3 Å². The van der Waals surface area contributed by atoms with Gasteiger partial charge in [-0.1, -0.05) is 0 Å². The second kappa shape index (κ2) is 7.32. The predicted octanol–water partition coefficient (Wildman–Crippen LogP) is -0.136. The van der Waals surface area contributed by atoms with Gasteiger partial charge in [-0.15, -0.1) is 11.6 Å². The molecule has 0 bridgehead atoms. The topological polar surface area (TPSA) is 72.5 Å². The molecule has 0 heterocycles. The lowest BCUT2D eigenvalue weighted by Gasteiger charge is -2.03. The Morgan fingerprint density at radius 1 is 1.36 bits per heavy atom. The smallest absolute Gasteiger partial charge is 0.325 e. The van der Waals surface area contributed by atoms with Crippen molar-refractivity contribution in [3.05, 3.63) is 0 Å². The Balaban J connectivity index is 3.63. The van der Waals surface area contributed by atoms with Crippen molar-refractivity contribution < 1.29 is 19.1 Å². The fraction of sp³-hybridized carbons (Fsp3) is 0.625. The van der Waals surface area contributed by atoms with Crippen LogP contribution in [0.5, 0.6) is 0 Å². The lowest BCUT2D eigenvalue weighted by Crippen LogP contribution is -2.32. The first-order chi connectivity index (χ1) is 6.60. The van der Waals surface area contributed by atoms with Crippen LogP contribution in [0.4, 0.5) is 0 Å². The van der Waals surface area contributed by atoms with Gasteiger partial charge in [0.15, 0.2) is 5.78 Å². The number of amides is 1. The van der Waals surface area contributed by atoms with Crippen molar-refractivity contribution in [2.45, 2.75) is 13.3 Å². The number of Topliss-reactive ketones (excluding diaryl/α,β-unsaturated/α-hetero) is 1. The maximum Gasteiger partial charge on any atom is 0.325 e. The van der Waals surface area contributed by atoms with Crippen LogP contribution >= 0.6 is 11.6 Å². The summed E-state index contributed by atoms with van der Waals surface area (Å²) in [5.74, 6) is -1.64. The molecule has 0 aromatic rings. The molecule has 0 radical (unpaired) electrons. The number of ketones is 1. The normalized spacial score (nSPS) is 9.29. The Morgan fingerprint density at radius 3 is 2.50 bits per heavy atom. The predicted molar refractivity (Wildman–Crippen MR) is 50.0 cm³/mol. The molecule has 0 aromatic carbocycles. The highest BCUT2D eigenvalue weighted by molar-refractivity contribution is 6.29. The second-order valence-electron chi connectivity index (χ2n) is 2.43. The standard InChI is InChI=1S/C8H12ClNO4/c1-2-14-8(13)5-10-7(12)3-6(11)4-9/h2-5H2,1H3,(H,10,12). The molecule has 0 atom stereocenters. The molecule has 0 saturated carbocycles. The molecule has 0 rings (SSSR count). The van der Waals surface area contributed by atoms with Gasteiger partial charge in [0.25, 0.3) is 0 Å². The van der Waals surface area contributed by atoms with E-state index in [0.29, 0.717) is 0 Å². The summed E-state index contributed by atoms with van der Waals surface area (Å²) < 4.78 is 4.56. The molecule has 0 fully saturated rings. The zero-order valence-electron chi connectivity index (χ0n) is 7.84. The van der Waals surface area contributed by atoms with Crippen molar-refractivity contribution in [2.75, 3.05) is 19.0 Å². The van der Waals surface area contributed by atoms with Crippen molar-refractivity contribution in [3.63, 3.8) is 0 Å². The van der Waals surface area contributed by atoms with Crippen LogP contribution in [0.3, 0.4) is 0 Å². The van der Waals surface area contributed by atoms with Gasteiger partial charge < -0.3 is 10.1 Å². The molecule has 0 aliphatic carbocycles. The van der Waals surface area contributed by atoms with Crippen molar-refractivity contribution in [1.82, 2.24) is 5.32 Å². The molecule has 1 N–H and O–H groups in total. The molecular weight excluding hydrogens is 210 g/mol. The van der Waals surface area contributed by atoms with Crippen LogP contribution in [-0.4, -0.2) is 36.7 Å². The van der Waals surface area contributed by atoms with Gasteiger partial charge >= 0.3 is 5.97 Å². The minimum absolute atomic E-state index is 0.202. The molecule has 0 saturated heterocycles. The zero-order chi connectivity index (χ0) is 11.0. The van der Waals surface area contributed by atoms with E-state index in [1.54, 1.807) is 6.92 Å². The van der Waals surface area contributed by atoms with E-state index in [2.05, 4.69) is 10.1 Å². The molecule has 5 nitrogen and oxygen atoms in total. The highest BCUT2D eigenvalue weighted by atomic mass is 35.5. The van der Waals surface area contributed by atoms with Gasteiger partial charge in [-0.2, -0.15) is 0 Å². The quantitative estimate of drug-likeness (QED) is 0.385. The van der Waals surface area contributed by atoms with Crippen LogP contribution in [0.25, 0.3) is 0 Å². The number of carbonyl (C=O) groups excluding carboxylic acids is 3. The number of nitrogens with one attached hydrogen (secondary N) is 1. The molecule has 6 heteroatoms. The third kappa shape index (κ3) is 6.42. The van der Waals surface area contributed by atoms with Crippen LogP contribution in [0, 0.1) is 0 Å². The minimum Gasteiger partial charge on any atom is -0.465 e. The molecule has 80 valence electrons. The summed E-state index contributed by atoms with van der Waals surface area (Å²) in [4.78, 5) is 32.4. The number of carbonyl (C=O) groups is 3. The van der Waals surface area contributed by atoms with E-state index < -0.39 is 11.9 Å². The molecule has 14 heavy (non-hydrogen) atoms. The van der Waals surface area contributed by atoms with E-state index in [0.717, 1.165) is 0 Å². The summed E-state index contributed by atoms with van der Waals surface area (Å²) in [6.07, 6.45) is -0.303. The van der Waals surface area contributed by atoms with E-state index in [1.807, 2.05) is 0 Å². The average Bonchev–Trinajstić information content (AvgIpc) is 2.15. The lowest BCUT2D eigenvalue weighted by atomic mass is 10.3. The van der Waals surface area contributed by atoms with Crippen molar-refractivity contribution in [1.29, 1.82) is 0 Å². The van der Waals surface area contributed by atoms with Gasteiger partial charge in [-0.3, -0.25) is 14.4 Å². The Morgan fingerprint density at radius 2 is 2.00 bits per heavy atom. The van der Waals surface area contributed by atoms with Crippen molar-refractivity contribution in [3.8, 4) is 0 Å². The monoisotopic (exact) mass is 221 g/mol. The molecule has 1 amide bonds. The molecule has 0 unspecified atom stereocenters. The van der Waals surface area contributed by atoms with Gasteiger partial charge in [0.1, 0.15) is 6.54 Å². The Hall–Kier alpha value is -1.10. The minimum atomic E-state index is -0.529. The summed E-state index contributed by atoms with van der Waals surface area (Å²) >= 11 is 5.19. The SMILES string of the molecule is CCOC(=O)CNC(=O)CC(=O)CCl. The maximum atomic E-state index is 10.9. The van der Waals surface area contributed by atoms with Crippen LogP contribution in [0.15, 0.2) is 0 Å². The van der Waals surface area contributed by atoms with Gasteiger partial charge in [0.2, 0.25) is 5.91 Å². The van der Waals surface area contributed by atoms with E-state index >= 15 is 0 Å². The third-order valence-electron chi connectivity index (χ3n) is 1.24. The maximum absolute atomic E-state index is 10.9. The van der Waals surface area contributed by atoms with Crippen LogP contribution in [0.2, 0.25) is 0 Å². The van der Waals surface area contributed by atoms with Crippen LogP contribution in [-0.2, 0) is 19.1 Å². The van der Waals surface area contributed by atoms with Crippen molar-refractivity contribution in [2.24, 2.45) is 0 Å². The number of hydrogen-bond donors (Lipinski definition) is 1. The number of ether oxygens (including phenoxy) is 1. The second-order valence-corrected chi connectivity index (χ2v) is 2.70. The molecule has 0 aromatic heterocycles. The lowest BCUT2D eigenvalue weighted by molar-refractivity contribution is -0.143. The summed E-state index contributed by atoms with van der Waals surface area (Å²) in [6, 6.07) is 0. The van der Waals surface area contributed by atoms with Gasteiger partial charge in [0.05, 0.1) is 18.9 Å². The fourth-order valence-corrected chi connectivity index (χ4v) is 0.766. The average molecular weight is 222 g/mol. The number of esters is 1. The third-order valence-corrected chi connectivity index (χ3v) is 1.54. The number of halogens is 1. The first-order valence-electron chi connectivity index (χ1n) is 4.10. The number of rotatable bonds is 6.